The lowest BCUT2D eigenvalue weighted by Gasteiger charge is -2.00. The normalized spacial score (nSPS) is 10.3. The van der Waals surface area contributed by atoms with Gasteiger partial charge in [-0.3, -0.25) is 0 Å². The van der Waals surface area contributed by atoms with Gasteiger partial charge >= 0.3 is 0 Å². The summed E-state index contributed by atoms with van der Waals surface area (Å²) in [6.07, 6.45) is 3.04. The standard InChI is InChI=1S/C10H8ClNO/c1-7-2-3-8(9(11)4-7)10-5-12-6-13-10/h2-6H,1H3. The summed E-state index contributed by atoms with van der Waals surface area (Å²) in [6, 6.07) is 5.82. The number of rotatable bonds is 1. The zero-order chi connectivity index (χ0) is 9.26. The highest BCUT2D eigenvalue weighted by atomic mass is 35.5. The van der Waals surface area contributed by atoms with Crippen molar-refractivity contribution in [3.63, 3.8) is 0 Å². The largest absolute Gasteiger partial charge is 0.443 e. The Hall–Kier alpha value is -1.28. The molecular formula is C10H8ClNO. The van der Waals surface area contributed by atoms with Crippen molar-refractivity contribution in [1.82, 2.24) is 4.98 Å². The minimum atomic E-state index is 0.691. The highest BCUT2D eigenvalue weighted by Crippen LogP contribution is 2.27. The van der Waals surface area contributed by atoms with Crippen LogP contribution in [0.3, 0.4) is 0 Å². The molecule has 0 bridgehead atoms. The fourth-order valence-electron chi connectivity index (χ4n) is 1.17. The van der Waals surface area contributed by atoms with Gasteiger partial charge < -0.3 is 4.42 Å². The molecule has 1 heterocycles. The minimum Gasteiger partial charge on any atom is -0.443 e. The molecule has 0 N–H and O–H groups in total. The molecule has 66 valence electrons. The van der Waals surface area contributed by atoms with Gasteiger partial charge in [-0.15, -0.1) is 0 Å². The zero-order valence-corrected chi connectivity index (χ0v) is 7.88. The van der Waals surface area contributed by atoms with Crippen LogP contribution in [0.1, 0.15) is 5.56 Å². The van der Waals surface area contributed by atoms with Gasteiger partial charge in [0.25, 0.3) is 0 Å². The van der Waals surface area contributed by atoms with E-state index in [9.17, 15) is 0 Å². The topological polar surface area (TPSA) is 26.0 Å². The van der Waals surface area contributed by atoms with Gasteiger partial charge in [-0.2, -0.15) is 0 Å². The molecule has 2 aromatic rings. The second-order valence-corrected chi connectivity index (χ2v) is 3.26. The van der Waals surface area contributed by atoms with Crippen LogP contribution in [0.25, 0.3) is 11.3 Å². The van der Waals surface area contributed by atoms with E-state index in [0.29, 0.717) is 10.8 Å². The molecule has 0 saturated heterocycles. The van der Waals surface area contributed by atoms with E-state index in [1.54, 1.807) is 6.20 Å². The molecule has 0 unspecified atom stereocenters. The lowest BCUT2D eigenvalue weighted by molar-refractivity contribution is 0.572. The smallest absolute Gasteiger partial charge is 0.181 e. The van der Waals surface area contributed by atoms with E-state index in [1.165, 1.54) is 6.39 Å². The van der Waals surface area contributed by atoms with Crippen LogP contribution < -0.4 is 0 Å². The summed E-state index contributed by atoms with van der Waals surface area (Å²) >= 11 is 6.03. The quantitative estimate of drug-likeness (QED) is 0.695. The number of halogens is 1. The summed E-state index contributed by atoms with van der Waals surface area (Å²) in [5, 5.41) is 0.691. The molecule has 1 aromatic carbocycles. The first-order valence-corrected chi connectivity index (χ1v) is 4.30. The van der Waals surface area contributed by atoms with Gasteiger partial charge in [-0.05, 0) is 24.6 Å². The van der Waals surface area contributed by atoms with Crippen LogP contribution in [0.2, 0.25) is 5.02 Å². The lowest BCUT2D eigenvalue weighted by atomic mass is 10.1. The van der Waals surface area contributed by atoms with E-state index in [2.05, 4.69) is 4.98 Å². The van der Waals surface area contributed by atoms with Gasteiger partial charge in [0.1, 0.15) is 0 Å². The first-order chi connectivity index (χ1) is 6.27. The Balaban J connectivity index is 2.53. The molecule has 2 nitrogen and oxygen atoms in total. The maximum Gasteiger partial charge on any atom is 0.181 e. The molecule has 0 amide bonds. The molecule has 0 atom stereocenters. The molecule has 0 aliphatic rings. The van der Waals surface area contributed by atoms with Gasteiger partial charge in [0.05, 0.1) is 11.2 Å². The Labute approximate surface area is 81.2 Å². The minimum absolute atomic E-state index is 0.691. The van der Waals surface area contributed by atoms with Crippen molar-refractivity contribution in [3.8, 4) is 11.3 Å². The number of nitrogens with zero attached hydrogens (tertiary/aromatic N) is 1. The molecule has 1 aromatic heterocycles. The number of aromatic nitrogens is 1. The number of benzene rings is 1. The van der Waals surface area contributed by atoms with Crippen molar-refractivity contribution in [1.29, 1.82) is 0 Å². The lowest BCUT2D eigenvalue weighted by Crippen LogP contribution is -1.78. The Kier molecular flexibility index (Phi) is 2.07. The molecule has 0 saturated carbocycles. The second-order valence-electron chi connectivity index (χ2n) is 2.85. The van der Waals surface area contributed by atoms with E-state index in [4.69, 9.17) is 16.0 Å². The molecular weight excluding hydrogens is 186 g/mol. The van der Waals surface area contributed by atoms with Crippen LogP contribution in [-0.4, -0.2) is 4.98 Å². The summed E-state index contributed by atoms with van der Waals surface area (Å²) in [4.78, 5) is 3.84. The fraction of sp³-hybridized carbons (Fsp3) is 0.100. The monoisotopic (exact) mass is 193 g/mol. The van der Waals surface area contributed by atoms with Crippen molar-refractivity contribution in [3.05, 3.63) is 41.4 Å². The van der Waals surface area contributed by atoms with Gasteiger partial charge in [-0.25, -0.2) is 4.98 Å². The van der Waals surface area contributed by atoms with E-state index < -0.39 is 0 Å². The third-order valence-electron chi connectivity index (χ3n) is 1.82. The van der Waals surface area contributed by atoms with Crippen molar-refractivity contribution >= 4 is 11.6 Å². The van der Waals surface area contributed by atoms with Crippen LogP contribution in [-0.2, 0) is 0 Å². The predicted octanol–water partition coefficient (Wildman–Crippen LogP) is 3.30. The molecule has 0 fully saturated rings. The average molecular weight is 194 g/mol. The van der Waals surface area contributed by atoms with Gasteiger partial charge in [0, 0.05) is 5.56 Å². The molecule has 2 rings (SSSR count). The van der Waals surface area contributed by atoms with Crippen LogP contribution in [0, 0.1) is 6.92 Å². The van der Waals surface area contributed by atoms with E-state index in [-0.39, 0.29) is 0 Å². The number of hydrogen-bond acceptors (Lipinski definition) is 2. The van der Waals surface area contributed by atoms with Crippen LogP contribution in [0.5, 0.6) is 0 Å². The Morgan fingerprint density at radius 1 is 1.38 bits per heavy atom. The van der Waals surface area contributed by atoms with Crippen molar-refractivity contribution in [2.75, 3.05) is 0 Å². The van der Waals surface area contributed by atoms with Crippen LogP contribution in [0.15, 0.2) is 35.2 Å². The summed E-state index contributed by atoms with van der Waals surface area (Å²) in [5.41, 5.74) is 2.01. The van der Waals surface area contributed by atoms with Gasteiger partial charge in [0.15, 0.2) is 12.2 Å². The summed E-state index contributed by atoms with van der Waals surface area (Å²) in [6.45, 7) is 2.00. The highest BCUT2D eigenvalue weighted by Gasteiger charge is 2.05. The summed E-state index contributed by atoms with van der Waals surface area (Å²) in [7, 11) is 0. The zero-order valence-electron chi connectivity index (χ0n) is 7.12. The van der Waals surface area contributed by atoms with Crippen molar-refractivity contribution in [2.24, 2.45) is 0 Å². The number of oxazole rings is 1. The van der Waals surface area contributed by atoms with E-state index >= 15 is 0 Å². The van der Waals surface area contributed by atoms with Crippen molar-refractivity contribution in [2.45, 2.75) is 6.92 Å². The maximum atomic E-state index is 6.03. The van der Waals surface area contributed by atoms with Crippen LogP contribution in [0.4, 0.5) is 0 Å². The number of hydrogen-bond donors (Lipinski definition) is 0. The highest BCUT2D eigenvalue weighted by molar-refractivity contribution is 6.33. The summed E-state index contributed by atoms with van der Waals surface area (Å²) < 4.78 is 5.14. The second kappa shape index (κ2) is 3.23. The molecule has 0 aliphatic carbocycles. The first-order valence-electron chi connectivity index (χ1n) is 3.92. The third kappa shape index (κ3) is 1.58. The van der Waals surface area contributed by atoms with E-state index in [1.807, 2.05) is 25.1 Å². The van der Waals surface area contributed by atoms with Gasteiger partial charge in [-0.1, -0.05) is 17.7 Å². The predicted molar refractivity (Wildman–Crippen MR) is 51.7 cm³/mol. The Morgan fingerprint density at radius 2 is 2.23 bits per heavy atom. The molecule has 3 heteroatoms. The average Bonchev–Trinajstić information content (AvgIpc) is 2.56. The molecule has 0 spiro atoms. The van der Waals surface area contributed by atoms with Crippen molar-refractivity contribution < 1.29 is 4.42 Å². The molecule has 0 radical (unpaired) electrons. The Bertz CT molecular complexity index is 409. The third-order valence-corrected chi connectivity index (χ3v) is 2.14. The fourth-order valence-corrected chi connectivity index (χ4v) is 1.50. The summed E-state index contributed by atoms with van der Waals surface area (Å²) in [5.74, 6) is 0.699. The van der Waals surface area contributed by atoms with Gasteiger partial charge in [0.2, 0.25) is 0 Å². The maximum absolute atomic E-state index is 6.03. The van der Waals surface area contributed by atoms with E-state index in [0.717, 1.165) is 11.1 Å². The first kappa shape index (κ1) is 8.32. The van der Waals surface area contributed by atoms with Crippen LogP contribution >= 0.6 is 11.6 Å². The molecule has 13 heavy (non-hydrogen) atoms. The SMILES string of the molecule is Cc1ccc(-c2cnco2)c(Cl)c1. The molecule has 0 aliphatic heterocycles. The number of aryl methyl sites for hydroxylation is 1. The Morgan fingerprint density at radius 3 is 2.85 bits per heavy atom.